The summed E-state index contributed by atoms with van der Waals surface area (Å²) in [6.07, 6.45) is 0. The van der Waals surface area contributed by atoms with E-state index in [1.807, 2.05) is 6.07 Å². The normalized spacial score (nSPS) is 10.2. The molecule has 0 saturated heterocycles. The molecule has 2 rings (SSSR count). The molecule has 0 spiro atoms. The number of hydrogen-bond donors (Lipinski definition) is 1. The number of hydrogen-bond acceptors (Lipinski definition) is 2. The molecule has 0 bridgehead atoms. The summed E-state index contributed by atoms with van der Waals surface area (Å²) in [5, 5.41) is 0. The van der Waals surface area contributed by atoms with E-state index in [4.69, 9.17) is 0 Å². The molecule has 1 heterocycles. The van der Waals surface area contributed by atoms with Crippen molar-refractivity contribution < 1.29 is 0 Å². The second-order valence-electron chi connectivity index (χ2n) is 3.27. The van der Waals surface area contributed by atoms with Crippen LogP contribution in [0.15, 0.2) is 46.0 Å². The molecule has 2 aromatic rings. The zero-order valence-corrected chi connectivity index (χ0v) is 8.23. The predicted molar refractivity (Wildman–Crippen MR) is 57.4 cm³/mol. The Morgan fingerprint density at radius 1 is 1.13 bits per heavy atom. The van der Waals surface area contributed by atoms with Crippen LogP contribution < -0.4 is 11.2 Å². The van der Waals surface area contributed by atoms with Crippen molar-refractivity contribution in [1.82, 2.24) is 9.55 Å². The molecule has 0 unspecified atom stereocenters. The molecule has 0 amide bonds. The van der Waals surface area contributed by atoms with Gasteiger partial charge in [-0.3, -0.25) is 4.79 Å². The molecule has 4 heteroatoms. The van der Waals surface area contributed by atoms with Crippen LogP contribution >= 0.6 is 0 Å². The molecule has 0 aliphatic heterocycles. The molecule has 15 heavy (non-hydrogen) atoms. The van der Waals surface area contributed by atoms with E-state index < -0.39 is 5.69 Å². The Labute approximate surface area is 85.8 Å². The zero-order valence-electron chi connectivity index (χ0n) is 8.23. The number of aromatic nitrogens is 2. The number of para-hydroxylation sites is 1. The molecule has 0 aliphatic rings. The van der Waals surface area contributed by atoms with Gasteiger partial charge >= 0.3 is 5.69 Å². The van der Waals surface area contributed by atoms with Crippen LogP contribution in [0.4, 0.5) is 0 Å². The highest BCUT2D eigenvalue weighted by Gasteiger charge is 2.03. The van der Waals surface area contributed by atoms with Crippen LogP contribution in [0.1, 0.15) is 5.69 Å². The average molecular weight is 202 g/mol. The summed E-state index contributed by atoms with van der Waals surface area (Å²) in [6.45, 7) is 1.68. The number of H-pyrrole nitrogens is 1. The summed E-state index contributed by atoms with van der Waals surface area (Å²) >= 11 is 0. The van der Waals surface area contributed by atoms with E-state index in [2.05, 4.69) is 4.98 Å². The Bertz CT molecular complexity index is 550. The maximum absolute atomic E-state index is 11.6. The van der Waals surface area contributed by atoms with Crippen LogP contribution in [0, 0.1) is 6.92 Å². The van der Waals surface area contributed by atoms with Crippen molar-refractivity contribution in [2.24, 2.45) is 0 Å². The lowest BCUT2D eigenvalue weighted by Crippen LogP contribution is -2.33. The molecule has 1 N–H and O–H groups in total. The van der Waals surface area contributed by atoms with Gasteiger partial charge in [0.15, 0.2) is 0 Å². The predicted octanol–water partition coefficient (Wildman–Crippen LogP) is 0.834. The van der Waals surface area contributed by atoms with Crippen molar-refractivity contribution in [3.8, 4) is 5.69 Å². The monoisotopic (exact) mass is 202 g/mol. The summed E-state index contributed by atoms with van der Waals surface area (Å²) in [6, 6.07) is 10.2. The lowest BCUT2D eigenvalue weighted by Gasteiger charge is -2.03. The van der Waals surface area contributed by atoms with Crippen molar-refractivity contribution in [1.29, 1.82) is 0 Å². The van der Waals surface area contributed by atoms with Crippen LogP contribution in [0.25, 0.3) is 5.69 Å². The number of rotatable bonds is 1. The summed E-state index contributed by atoms with van der Waals surface area (Å²) in [5.74, 6) is 0. The fourth-order valence-electron chi connectivity index (χ4n) is 1.43. The SMILES string of the molecule is Cc1cc(=O)n(-c2ccccc2)c(=O)[nH]1. The Balaban J connectivity index is 2.75. The Morgan fingerprint density at radius 3 is 2.40 bits per heavy atom. The third-order valence-electron chi connectivity index (χ3n) is 2.08. The van der Waals surface area contributed by atoms with Gasteiger partial charge in [-0.15, -0.1) is 0 Å². The molecular formula is C11H10N2O2. The molecule has 0 radical (unpaired) electrons. The summed E-state index contributed by atoms with van der Waals surface area (Å²) < 4.78 is 1.10. The van der Waals surface area contributed by atoms with Gasteiger partial charge in [0.05, 0.1) is 5.69 Å². The standard InChI is InChI=1S/C11H10N2O2/c1-8-7-10(14)13(11(15)12-8)9-5-3-2-4-6-9/h2-7H,1H3,(H,12,15). The second-order valence-corrected chi connectivity index (χ2v) is 3.27. The minimum absolute atomic E-state index is 0.317. The minimum Gasteiger partial charge on any atom is -0.311 e. The highest BCUT2D eigenvalue weighted by Crippen LogP contribution is 1.99. The maximum Gasteiger partial charge on any atom is 0.333 e. The largest absolute Gasteiger partial charge is 0.333 e. The number of benzene rings is 1. The van der Waals surface area contributed by atoms with Crippen LogP contribution in [-0.2, 0) is 0 Å². The van der Waals surface area contributed by atoms with Crippen LogP contribution in [-0.4, -0.2) is 9.55 Å². The second kappa shape index (κ2) is 3.57. The fourth-order valence-corrected chi connectivity index (χ4v) is 1.43. The van der Waals surface area contributed by atoms with E-state index in [1.165, 1.54) is 6.07 Å². The average Bonchev–Trinajstić information content (AvgIpc) is 2.17. The van der Waals surface area contributed by atoms with Crippen LogP contribution in [0.5, 0.6) is 0 Å². The highest BCUT2D eigenvalue weighted by atomic mass is 16.2. The first kappa shape index (κ1) is 9.45. The van der Waals surface area contributed by atoms with Crippen molar-refractivity contribution in [3.63, 3.8) is 0 Å². The van der Waals surface area contributed by atoms with Gasteiger partial charge in [-0.05, 0) is 19.1 Å². The maximum atomic E-state index is 11.6. The van der Waals surface area contributed by atoms with Gasteiger partial charge in [-0.2, -0.15) is 0 Å². The quantitative estimate of drug-likeness (QED) is 0.744. The van der Waals surface area contributed by atoms with Crippen molar-refractivity contribution in [2.75, 3.05) is 0 Å². The van der Waals surface area contributed by atoms with E-state index in [0.29, 0.717) is 11.4 Å². The van der Waals surface area contributed by atoms with Crippen molar-refractivity contribution in [2.45, 2.75) is 6.92 Å². The molecule has 0 atom stereocenters. The van der Waals surface area contributed by atoms with Crippen molar-refractivity contribution >= 4 is 0 Å². The molecule has 4 nitrogen and oxygen atoms in total. The first-order valence-electron chi connectivity index (χ1n) is 4.57. The summed E-state index contributed by atoms with van der Waals surface area (Å²) in [5.41, 5.74) is 0.412. The van der Waals surface area contributed by atoms with E-state index in [-0.39, 0.29) is 5.56 Å². The number of nitrogens with zero attached hydrogens (tertiary/aromatic N) is 1. The van der Waals surface area contributed by atoms with Gasteiger partial charge in [0.1, 0.15) is 0 Å². The van der Waals surface area contributed by atoms with Gasteiger partial charge in [-0.25, -0.2) is 9.36 Å². The summed E-state index contributed by atoms with van der Waals surface area (Å²) in [7, 11) is 0. The highest BCUT2D eigenvalue weighted by molar-refractivity contribution is 5.31. The molecule has 1 aromatic carbocycles. The zero-order chi connectivity index (χ0) is 10.8. The van der Waals surface area contributed by atoms with E-state index in [9.17, 15) is 9.59 Å². The summed E-state index contributed by atoms with van der Waals surface area (Å²) in [4.78, 5) is 25.8. The first-order valence-corrected chi connectivity index (χ1v) is 4.57. The van der Waals surface area contributed by atoms with E-state index in [0.717, 1.165) is 4.57 Å². The Hall–Kier alpha value is -2.10. The number of aryl methyl sites for hydroxylation is 1. The molecular weight excluding hydrogens is 192 g/mol. The van der Waals surface area contributed by atoms with Gasteiger partial charge < -0.3 is 4.98 Å². The third-order valence-corrected chi connectivity index (χ3v) is 2.08. The van der Waals surface area contributed by atoms with Crippen LogP contribution in [0.3, 0.4) is 0 Å². The Kier molecular flexibility index (Phi) is 2.25. The van der Waals surface area contributed by atoms with Crippen molar-refractivity contribution in [3.05, 3.63) is 62.9 Å². The molecule has 76 valence electrons. The molecule has 0 aliphatic carbocycles. The van der Waals surface area contributed by atoms with Crippen LogP contribution in [0.2, 0.25) is 0 Å². The van der Waals surface area contributed by atoms with E-state index >= 15 is 0 Å². The minimum atomic E-state index is -0.411. The molecule has 0 fully saturated rings. The number of aromatic amines is 1. The molecule has 0 saturated carbocycles. The molecule has 1 aromatic heterocycles. The fraction of sp³-hybridized carbons (Fsp3) is 0.0909. The van der Waals surface area contributed by atoms with Gasteiger partial charge in [0, 0.05) is 11.8 Å². The van der Waals surface area contributed by atoms with Gasteiger partial charge in [0.25, 0.3) is 5.56 Å². The number of nitrogens with one attached hydrogen (secondary N) is 1. The smallest absolute Gasteiger partial charge is 0.311 e. The van der Waals surface area contributed by atoms with Gasteiger partial charge in [0.2, 0.25) is 0 Å². The topological polar surface area (TPSA) is 54.9 Å². The third kappa shape index (κ3) is 1.74. The lowest BCUT2D eigenvalue weighted by atomic mass is 10.3. The first-order chi connectivity index (χ1) is 7.18. The van der Waals surface area contributed by atoms with Gasteiger partial charge in [-0.1, -0.05) is 18.2 Å². The Morgan fingerprint density at radius 2 is 1.80 bits per heavy atom. The van der Waals surface area contributed by atoms with E-state index in [1.54, 1.807) is 31.2 Å². The lowest BCUT2D eigenvalue weighted by molar-refractivity contribution is 0.858.